The Kier molecular flexibility index (Phi) is 7.06. The predicted octanol–water partition coefficient (Wildman–Crippen LogP) is 2.29. The van der Waals surface area contributed by atoms with Crippen LogP contribution in [0.2, 0.25) is 0 Å². The van der Waals surface area contributed by atoms with E-state index in [2.05, 4.69) is 11.8 Å². The SMILES string of the molecule is CN(CCOc1ccc(C#CCCO)cc1)CC(F)(F)F. The smallest absolute Gasteiger partial charge is 0.401 e. The zero-order valence-electron chi connectivity index (χ0n) is 11.8. The number of hydrogen-bond acceptors (Lipinski definition) is 3. The van der Waals surface area contributed by atoms with E-state index in [1.165, 1.54) is 7.05 Å². The second-order valence-corrected chi connectivity index (χ2v) is 4.50. The van der Waals surface area contributed by atoms with E-state index in [4.69, 9.17) is 9.84 Å². The Morgan fingerprint density at radius 3 is 2.48 bits per heavy atom. The van der Waals surface area contributed by atoms with Crippen molar-refractivity contribution in [3.63, 3.8) is 0 Å². The van der Waals surface area contributed by atoms with Gasteiger partial charge < -0.3 is 9.84 Å². The summed E-state index contributed by atoms with van der Waals surface area (Å²) in [6, 6.07) is 6.96. The fraction of sp³-hybridized carbons (Fsp3) is 0.467. The number of ether oxygens (including phenoxy) is 1. The average Bonchev–Trinajstić information content (AvgIpc) is 2.39. The van der Waals surface area contributed by atoms with Gasteiger partial charge in [0.25, 0.3) is 0 Å². The van der Waals surface area contributed by atoms with Gasteiger partial charge in [0.15, 0.2) is 0 Å². The average molecular weight is 301 g/mol. The van der Waals surface area contributed by atoms with Crippen LogP contribution in [0.1, 0.15) is 12.0 Å². The van der Waals surface area contributed by atoms with E-state index >= 15 is 0 Å². The maximum absolute atomic E-state index is 12.1. The molecule has 0 aliphatic rings. The second kappa shape index (κ2) is 8.55. The molecule has 0 aliphatic carbocycles. The zero-order valence-corrected chi connectivity index (χ0v) is 11.8. The van der Waals surface area contributed by atoms with Crippen molar-refractivity contribution in [1.29, 1.82) is 0 Å². The molecule has 0 spiro atoms. The van der Waals surface area contributed by atoms with Crippen LogP contribution in [0.3, 0.4) is 0 Å². The van der Waals surface area contributed by atoms with Crippen molar-refractivity contribution in [1.82, 2.24) is 4.90 Å². The molecule has 0 fully saturated rings. The van der Waals surface area contributed by atoms with Crippen LogP contribution in [0, 0.1) is 11.8 Å². The van der Waals surface area contributed by atoms with Gasteiger partial charge in [0, 0.05) is 18.5 Å². The number of rotatable bonds is 6. The third kappa shape index (κ3) is 8.23. The van der Waals surface area contributed by atoms with Gasteiger partial charge in [-0.25, -0.2) is 0 Å². The monoisotopic (exact) mass is 301 g/mol. The van der Waals surface area contributed by atoms with Crippen molar-refractivity contribution < 1.29 is 23.0 Å². The van der Waals surface area contributed by atoms with Crippen molar-refractivity contribution in [2.24, 2.45) is 0 Å². The molecule has 0 atom stereocenters. The van der Waals surface area contributed by atoms with Gasteiger partial charge in [-0.05, 0) is 31.3 Å². The molecular weight excluding hydrogens is 283 g/mol. The summed E-state index contributed by atoms with van der Waals surface area (Å²) in [5.41, 5.74) is 0.796. The van der Waals surface area contributed by atoms with Crippen LogP contribution in [-0.4, -0.2) is 49.5 Å². The lowest BCUT2D eigenvalue weighted by Crippen LogP contribution is -2.33. The van der Waals surface area contributed by atoms with E-state index in [0.717, 1.165) is 10.5 Å². The molecule has 3 nitrogen and oxygen atoms in total. The molecule has 0 aliphatic heterocycles. The van der Waals surface area contributed by atoms with Gasteiger partial charge in [-0.1, -0.05) is 11.8 Å². The Labute approximate surface area is 122 Å². The molecule has 1 rings (SSSR count). The molecule has 21 heavy (non-hydrogen) atoms. The fourth-order valence-corrected chi connectivity index (χ4v) is 1.56. The largest absolute Gasteiger partial charge is 0.492 e. The molecule has 0 unspecified atom stereocenters. The summed E-state index contributed by atoms with van der Waals surface area (Å²) in [5.74, 6) is 6.26. The molecular formula is C15H18F3NO2. The van der Waals surface area contributed by atoms with Gasteiger partial charge in [0.2, 0.25) is 0 Å². The van der Waals surface area contributed by atoms with Gasteiger partial charge >= 0.3 is 6.18 Å². The molecule has 116 valence electrons. The molecule has 0 amide bonds. The zero-order chi connectivity index (χ0) is 15.7. The van der Waals surface area contributed by atoms with Gasteiger partial charge in [-0.15, -0.1) is 0 Å². The molecule has 6 heteroatoms. The van der Waals surface area contributed by atoms with Crippen molar-refractivity contribution in [3.8, 4) is 17.6 Å². The first kappa shape index (κ1) is 17.3. The Bertz CT molecular complexity index is 474. The Morgan fingerprint density at radius 1 is 1.24 bits per heavy atom. The molecule has 0 saturated heterocycles. The van der Waals surface area contributed by atoms with Crippen molar-refractivity contribution >= 4 is 0 Å². The first-order valence-electron chi connectivity index (χ1n) is 6.48. The van der Waals surface area contributed by atoms with E-state index < -0.39 is 12.7 Å². The fourth-order valence-electron chi connectivity index (χ4n) is 1.56. The van der Waals surface area contributed by atoms with Crippen LogP contribution in [-0.2, 0) is 0 Å². The van der Waals surface area contributed by atoms with Crippen LogP contribution >= 0.6 is 0 Å². The molecule has 1 aromatic rings. The first-order chi connectivity index (χ1) is 9.90. The van der Waals surface area contributed by atoms with Crippen molar-refractivity contribution in [2.45, 2.75) is 12.6 Å². The summed E-state index contributed by atoms with van der Waals surface area (Å²) in [6.07, 6.45) is -3.77. The van der Waals surface area contributed by atoms with E-state index in [9.17, 15) is 13.2 Å². The summed E-state index contributed by atoms with van der Waals surface area (Å²) in [5, 5.41) is 8.60. The summed E-state index contributed by atoms with van der Waals surface area (Å²) < 4.78 is 41.7. The van der Waals surface area contributed by atoms with Crippen LogP contribution in [0.25, 0.3) is 0 Å². The van der Waals surface area contributed by atoms with Crippen LogP contribution in [0.15, 0.2) is 24.3 Å². The number of aliphatic hydroxyl groups is 1. The van der Waals surface area contributed by atoms with E-state index in [-0.39, 0.29) is 19.8 Å². The van der Waals surface area contributed by atoms with Crippen molar-refractivity contribution in [2.75, 3.05) is 33.4 Å². The number of aliphatic hydroxyl groups excluding tert-OH is 1. The number of nitrogens with zero attached hydrogens (tertiary/aromatic N) is 1. The van der Waals surface area contributed by atoms with E-state index in [1.54, 1.807) is 24.3 Å². The first-order valence-corrected chi connectivity index (χ1v) is 6.48. The summed E-state index contributed by atoms with van der Waals surface area (Å²) >= 11 is 0. The third-order valence-corrected chi connectivity index (χ3v) is 2.51. The van der Waals surface area contributed by atoms with Gasteiger partial charge in [-0.2, -0.15) is 13.2 Å². The Balaban J connectivity index is 2.35. The summed E-state index contributed by atoms with van der Waals surface area (Å²) in [4.78, 5) is 1.16. The van der Waals surface area contributed by atoms with E-state index in [1.807, 2.05) is 0 Å². The maximum atomic E-state index is 12.1. The lowest BCUT2D eigenvalue weighted by molar-refractivity contribution is -0.143. The number of benzene rings is 1. The quantitative estimate of drug-likeness (QED) is 0.818. The number of alkyl halides is 3. The molecule has 1 N–H and O–H groups in total. The highest BCUT2D eigenvalue weighted by molar-refractivity contribution is 5.38. The molecule has 0 saturated carbocycles. The topological polar surface area (TPSA) is 32.7 Å². The summed E-state index contributed by atoms with van der Waals surface area (Å²) in [6.45, 7) is -0.547. The minimum atomic E-state index is -4.19. The van der Waals surface area contributed by atoms with E-state index in [0.29, 0.717) is 12.2 Å². The standard InChI is InChI=1S/C15H18F3NO2/c1-19(12-15(16,17)18)9-11-21-14-7-5-13(6-8-14)4-2-3-10-20/h5-8,20H,3,9-12H2,1H3. The van der Waals surface area contributed by atoms with Gasteiger partial charge in [0.05, 0.1) is 13.2 Å². The Morgan fingerprint density at radius 2 is 1.90 bits per heavy atom. The van der Waals surface area contributed by atoms with Gasteiger partial charge in [0.1, 0.15) is 12.4 Å². The maximum Gasteiger partial charge on any atom is 0.401 e. The lowest BCUT2D eigenvalue weighted by Gasteiger charge is -2.18. The number of halogens is 3. The lowest BCUT2D eigenvalue weighted by atomic mass is 10.2. The highest BCUT2D eigenvalue weighted by atomic mass is 19.4. The van der Waals surface area contributed by atoms with Crippen LogP contribution in [0.5, 0.6) is 5.75 Å². The highest BCUT2D eigenvalue weighted by Gasteiger charge is 2.28. The molecule has 0 radical (unpaired) electrons. The van der Waals surface area contributed by atoms with Gasteiger partial charge in [-0.3, -0.25) is 4.90 Å². The predicted molar refractivity (Wildman–Crippen MR) is 74.1 cm³/mol. The van der Waals surface area contributed by atoms with Crippen LogP contribution < -0.4 is 4.74 Å². The second-order valence-electron chi connectivity index (χ2n) is 4.50. The Hall–Kier alpha value is -1.71. The highest BCUT2D eigenvalue weighted by Crippen LogP contribution is 2.15. The molecule has 0 heterocycles. The third-order valence-electron chi connectivity index (χ3n) is 2.51. The summed E-state index contributed by atoms with van der Waals surface area (Å²) in [7, 11) is 1.40. The minimum absolute atomic E-state index is 0.0274. The minimum Gasteiger partial charge on any atom is -0.492 e. The molecule has 1 aromatic carbocycles. The molecule has 0 bridgehead atoms. The van der Waals surface area contributed by atoms with Crippen LogP contribution in [0.4, 0.5) is 13.2 Å². The molecule has 0 aromatic heterocycles. The number of likely N-dealkylation sites (N-methyl/N-ethyl adjacent to an activating group) is 1. The number of hydrogen-bond donors (Lipinski definition) is 1. The van der Waals surface area contributed by atoms with Crippen molar-refractivity contribution in [3.05, 3.63) is 29.8 Å². The normalized spacial score (nSPS) is 11.1.